The molecule has 0 fully saturated rings. The van der Waals surface area contributed by atoms with E-state index in [-0.39, 0.29) is 24.4 Å². The Bertz CT molecular complexity index is 1010. The van der Waals surface area contributed by atoms with Gasteiger partial charge in [-0.1, -0.05) is 18.2 Å². The van der Waals surface area contributed by atoms with E-state index in [0.29, 0.717) is 22.3 Å². The highest BCUT2D eigenvalue weighted by Crippen LogP contribution is 2.42. The summed E-state index contributed by atoms with van der Waals surface area (Å²) in [6, 6.07) is 7.59. The number of fused-ring (bicyclic) bond motifs is 1. The normalized spacial score (nSPS) is 16.6. The second kappa shape index (κ2) is 8.10. The van der Waals surface area contributed by atoms with Crippen LogP contribution in [0.25, 0.3) is 5.57 Å². The predicted octanol–water partition coefficient (Wildman–Crippen LogP) is 5.39. The summed E-state index contributed by atoms with van der Waals surface area (Å²) in [6.07, 6.45) is -5.65. The monoisotopic (exact) mass is 423 g/mol. The third kappa shape index (κ3) is 4.05. The lowest BCUT2D eigenvalue weighted by molar-refractivity contribution is -0.138. The number of ether oxygens (including phenoxy) is 1. The zero-order valence-corrected chi connectivity index (χ0v) is 16.7. The van der Waals surface area contributed by atoms with E-state index < -0.39 is 29.8 Å². The van der Waals surface area contributed by atoms with Crippen LogP contribution >= 0.6 is 0 Å². The van der Waals surface area contributed by atoms with E-state index in [1.54, 1.807) is 26.8 Å². The Balaban J connectivity index is 2.20. The topological polar surface area (TPSA) is 49.8 Å². The standard InChI is InChI=1S/C22H21F4NO3/c1-4-30-20-19(21(28)29)13(3)16-7-6-15(22(24,25)26)10-18(16)27(20)11-14-5-8-17(23)12(2)9-14/h5-10,20H,4,11H2,1-3H3,(H,28,29). The first kappa shape index (κ1) is 21.8. The maximum atomic E-state index is 13.7. The Morgan fingerprint density at radius 3 is 2.43 bits per heavy atom. The Morgan fingerprint density at radius 1 is 1.17 bits per heavy atom. The van der Waals surface area contributed by atoms with E-state index in [4.69, 9.17) is 4.74 Å². The molecular weight excluding hydrogens is 402 g/mol. The average Bonchev–Trinajstić information content (AvgIpc) is 2.66. The summed E-state index contributed by atoms with van der Waals surface area (Å²) in [6.45, 7) is 5.02. The molecule has 0 aliphatic carbocycles. The van der Waals surface area contributed by atoms with Crippen LogP contribution in [0, 0.1) is 12.7 Å². The number of carboxylic acid groups (broad SMARTS) is 1. The second-order valence-corrected chi connectivity index (χ2v) is 7.09. The molecule has 1 N–H and O–H groups in total. The van der Waals surface area contributed by atoms with E-state index in [9.17, 15) is 27.5 Å². The molecule has 8 heteroatoms. The van der Waals surface area contributed by atoms with Gasteiger partial charge in [0.2, 0.25) is 0 Å². The lowest BCUT2D eigenvalue weighted by atomic mass is 9.91. The minimum atomic E-state index is -4.56. The number of hydrogen-bond donors (Lipinski definition) is 1. The number of halogens is 4. The van der Waals surface area contributed by atoms with E-state index in [1.165, 1.54) is 23.1 Å². The molecule has 30 heavy (non-hydrogen) atoms. The van der Waals surface area contributed by atoms with Crippen LogP contribution in [0.3, 0.4) is 0 Å². The van der Waals surface area contributed by atoms with Crippen LogP contribution in [0.4, 0.5) is 23.2 Å². The first-order chi connectivity index (χ1) is 14.0. The van der Waals surface area contributed by atoms with Crippen molar-refractivity contribution >= 4 is 17.2 Å². The highest BCUT2D eigenvalue weighted by atomic mass is 19.4. The number of benzene rings is 2. The highest BCUT2D eigenvalue weighted by Gasteiger charge is 2.38. The Hall–Kier alpha value is -2.87. The van der Waals surface area contributed by atoms with Gasteiger partial charge in [0.05, 0.1) is 11.1 Å². The predicted molar refractivity (Wildman–Crippen MR) is 104 cm³/mol. The van der Waals surface area contributed by atoms with Crippen molar-refractivity contribution in [2.45, 2.75) is 39.7 Å². The van der Waals surface area contributed by atoms with Gasteiger partial charge in [-0.3, -0.25) is 0 Å². The maximum Gasteiger partial charge on any atom is 0.416 e. The SMILES string of the molecule is CCOC1C(C(=O)O)=C(C)c2ccc(C(F)(F)F)cc2N1Cc1ccc(F)c(C)c1. The van der Waals surface area contributed by atoms with E-state index in [0.717, 1.165) is 12.1 Å². The minimum absolute atomic E-state index is 0.0389. The number of carbonyl (C=O) groups is 1. The van der Waals surface area contributed by atoms with Crippen molar-refractivity contribution in [3.8, 4) is 0 Å². The molecule has 0 bridgehead atoms. The number of allylic oxidation sites excluding steroid dienone is 1. The van der Waals surface area contributed by atoms with Crippen molar-refractivity contribution in [3.63, 3.8) is 0 Å². The number of hydrogen-bond acceptors (Lipinski definition) is 3. The molecule has 1 heterocycles. The Kier molecular flexibility index (Phi) is 5.90. The number of carboxylic acids is 1. The molecule has 0 saturated heterocycles. The molecule has 1 unspecified atom stereocenters. The van der Waals surface area contributed by atoms with Crippen LogP contribution in [-0.2, 0) is 22.3 Å². The van der Waals surface area contributed by atoms with Gasteiger partial charge in [-0.2, -0.15) is 13.2 Å². The highest BCUT2D eigenvalue weighted by molar-refractivity contribution is 6.01. The second-order valence-electron chi connectivity index (χ2n) is 7.09. The summed E-state index contributed by atoms with van der Waals surface area (Å²) < 4.78 is 59.4. The smallest absolute Gasteiger partial charge is 0.416 e. The first-order valence-electron chi connectivity index (χ1n) is 9.33. The van der Waals surface area contributed by atoms with Gasteiger partial charge >= 0.3 is 12.1 Å². The lowest BCUT2D eigenvalue weighted by Gasteiger charge is -2.39. The van der Waals surface area contributed by atoms with Gasteiger partial charge in [0.1, 0.15) is 5.82 Å². The zero-order chi connectivity index (χ0) is 22.2. The summed E-state index contributed by atoms with van der Waals surface area (Å²) in [4.78, 5) is 13.5. The summed E-state index contributed by atoms with van der Waals surface area (Å²) in [5, 5.41) is 9.79. The summed E-state index contributed by atoms with van der Waals surface area (Å²) in [5.74, 6) is -1.61. The number of nitrogens with zero attached hydrogens (tertiary/aromatic N) is 1. The number of anilines is 1. The van der Waals surface area contributed by atoms with Crippen molar-refractivity contribution in [3.05, 3.63) is 70.0 Å². The number of aryl methyl sites for hydroxylation is 1. The van der Waals surface area contributed by atoms with Gasteiger partial charge in [-0.15, -0.1) is 0 Å². The van der Waals surface area contributed by atoms with Gasteiger partial charge in [0, 0.05) is 24.4 Å². The minimum Gasteiger partial charge on any atom is -0.478 e. The maximum absolute atomic E-state index is 13.7. The van der Waals surface area contributed by atoms with Crippen LogP contribution < -0.4 is 4.90 Å². The number of rotatable bonds is 5. The molecule has 0 radical (unpaired) electrons. The molecule has 1 aliphatic heterocycles. The summed E-state index contributed by atoms with van der Waals surface area (Å²) >= 11 is 0. The average molecular weight is 423 g/mol. The summed E-state index contributed by atoms with van der Waals surface area (Å²) in [7, 11) is 0. The van der Waals surface area contributed by atoms with Crippen LogP contribution in [0.5, 0.6) is 0 Å². The Morgan fingerprint density at radius 2 is 1.87 bits per heavy atom. The molecule has 0 amide bonds. The third-order valence-corrected chi connectivity index (χ3v) is 5.10. The molecular formula is C22H21F4NO3. The van der Waals surface area contributed by atoms with Crippen LogP contribution in [-0.4, -0.2) is 23.9 Å². The molecule has 0 spiro atoms. The molecule has 0 saturated carbocycles. The van der Waals surface area contributed by atoms with Crippen molar-refractivity contribution in [1.29, 1.82) is 0 Å². The van der Waals surface area contributed by atoms with Crippen LogP contribution in [0.2, 0.25) is 0 Å². The van der Waals surface area contributed by atoms with Crippen molar-refractivity contribution in [2.75, 3.05) is 11.5 Å². The molecule has 4 nitrogen and oxygen atoms in total. The number of alkyl halides is 3. The van der Waals surface area contributed by atoms with Gasteiger partial charge in [0.25, 0.3) is 0 Å². The van der Waals surface area contributed by atoms with Crippen molar-refractivity contribution in [1.82, 2.24) is 0 Å². The van der Waals surface area contributed by atoms with Gasteiger partial charge in [0.15, 0.2) is 6.23 Å². The van der Waals surface area contributed by atoms with Crippen LogP contribution in [0.15, 0.2) is 42.0 Å². The first-order valence-corrected chi connectivity index (χ1v) is 9.33. The fraction of sp³-hybridized carbons (Fsp3) is 0.318. The molecule has 3 rings (SSSR count). The largest absolute Gasteiger partial charge is 0.478 e. The van der Waals surface area contributed by atoms with E-state index in [1.807, 2.05) is 0 Å². The molecule has 1 atom stereocenters. The van der Waals surface area contributed by atoms with Gasteiger partial charge in [-0.05, 0) is 55.7 Å². The van der Waals surface area contributed by atoms with E-state index in [2.05, 4.69) is 0 Å². The van der Waals surface area contributed by atoms with E-state index >= 15 is 0 Å². The summed E-state index contributed by atoms with van der Waals surface area (Å²) in [5.41, 5.74) is 1.06. The molecule has 160 valence electrons. The molecule has 1 aliphatic rings. The lowest BCUT2D eigenvalue weighted by Crippen LogP contribution is -2.44. The number of aliphatic carboxylic acids is 1. The van der Waals surface area contributed by atoms with Gasteiger partial charge < -0.3 is 14.7 Å². The van der Waals surface area contributed by atoms with Crippen molar-refractivity contribution < 1.29 is 32.2 Å². The molecule has 2 aromatic rings. The van der Waals surface area contributed by atoms with Crippen LogP contribution in [0.1, 0.15) is 36.1 Å². The van der Waals surface area contributed by atoms with Gasteiger partial charge in [-0.25, -0.2) is 9.18 Å². The zero-order valence-electron chi connectivity index (χ0n) is 16.7. The molecule has 0 aromatic heterocycles. The third-order valence-electron chi connectivity index (χ3n) is 5.10. The fourth-order valence-electron chi connectivity index (χ4n) is 3.64. The quantitative estimate of drug-likeness (QED) is 0.655. The fourth-order valence-corrected chi connectivity index (χ4v) is 3.64. The van der Waals surface area contributed by atoms with Crippen molar-refractivity contribution in [2.24, 2.45) is 0 Å². The molecule has 2 aromatic carbocycles. The Labute approximate surface area is 171 Å².